The molecule has 2 atom stereocenters. The maximum absolute atomic E-state index is 11.1. The fraction of sp³-hybridized carbons (Fsp3) is 0.308. The van der Waals surface area contributed by atoms with Gasteiger partial charge in [0.15, 0.2) is 0 Å². The highest BCUT2D eigenvalue weighted by molar-refractivity contribution is 5.74. The van der Waals surface area contributed by atoms with Crippen molar-refractivity contribution in [2.24, 2.45) is 5.92 Å². The molecule has 1 aromatic rings. The van der Waals surface area contributed by atoms with Crippen molar-refractivity contribution in [3.8, 4) is 0 Å². The zero-order valence-corrected chi connectivity index (χ0v) is 9.10. The van der Waals surface area contributed by atoms with E-state index in [9.17, 15) is 4.79 Å². The van der Waals surface area contributed by atoms with Crippen molar-refractivity contribution < 1.29 is 9.90 Å². The van der Waals surface area contributed by atoms with Gasteiger partial charge in [0, 0.05) is 0 Å². The molecule has 1 rings (SSSR count). The van der Waals surface area contributed by atoms with Crippen LogP contribution in [0.5, 0.6) is 0 Å². The third-order valence-electron chi connectivity index (χ3n) is 2.62. The fourth-order valence-corrected chi connectivity index (χ4v) is 1.80. The van der Waals surface area contributed by atoms with Gasteiger partial charge in [0.1, 0.15) is 0 Å². The first kappa shape index (κ1) is 11.5. The van der Waals surface area contributed by atoms with Gasteiger partial charge in [0.05, 0.1) is 5.92 Å². The Balaban J connectivity index is 2.96. The van der Waals surface area contributed by atoms with Crippen LogP contribution in [0.3, 0.4) is 0 Å². The molecule has 0 unspecified atom stereocenters. The Bertz CT molecular complexity index is 340. The molecule has 0 amide bonds. The van der Waals surface area contributed by atoms with Crippen molar-refractivity contribution >= 4 is 5.97 Å². The smallest absolute Gasteiger partial charge is 0.311 e. The van der Waals surface area contributed by atoms with Crippen LogP contribution in [0.25, 0.3) is 0 Å². The highest BCUT2D eigenvalue weighted by Gasteiger charge is 2.26. The minimum absolute atomic E-state index is 0.0406. The van der Waals surface area contributed by atoms with E-state index in [0.717, 1.165) is 5.56 Å². The topological polar surface area (TPSA) is 37.3 Å². The maximum Gasteiger partial charge on any atom is 0.311 e. The van der Waals surface area contributed by atoms with Crippen molar-refractivity contribution in [1.29, 1.82) is 0 Å². The zero-order chi connectivity index (χ0) is 11.4. The summed E-state index contributed by atoms with van der Waals surface area (Å²) in [5, 5.41) is 9.11. The molecule has 0 saturated carbocycles. The first-order chi connectivity index (χ1) is 7.04. The minimum Gasteiger partial charge on any atom is -0.481 e. The molecule has 0 aromatic heterocycles. The summed E-state index contributed by atoms with van der Waals surface area (Å²) >= 11 is 0. The van der Waals surface area contributed by atoms with Crippen molar-refractivity contribution in [2.75, 3.05) is 0 Å². The second-order valence-corrected chi connectivity index (χ2v) is 3.86. The van der Waals surface area contributed by atoms with E-state index in [4.69, 9.17) is 5.11 Å². The minimum atomic E-state index is -0.807. The van der Waals surface area contributed by atoms with E-state index in [1.165, 1.54) is 0 Å². The molecular weight excluding hydrogens is 188 g/mol. The van der Waals surface area contributed by atoms with Gasteiger partial charge >= 0.3 is 5.97 Å². The summed E-state index contributed by atoms with van der Waals surface area (Å²) < 4.78 is 0. The third kappa shape index (κ3) is 2.69. The van der Waals surface area contributed by atoms with Gasteiger partial charge in [0.2, 0.25) is 0 Å². The molecule has 0 fully saturated rings. The van der Waals surface area contributed by atoms with Crippen LogP contribution in [0.15, 0.2) is 42.5 Å². The highest BCUT2D eigenvalue weighted by atomic mass is 16.4. The van der Waals surface area contributed by atoms with Gasteiger partial charge in [0.25, 0.3) is 0 Å². The van der Waals surface area contributed by atoms with Gasteiger partial charge in [-0.2, -0.15) is 0 Å². The summed E-state index contributed by atoms with van der Waals surface area (Å²) in [6, 6.07) is 9.66. The van der Waals surface area contributed by atoms with E-state index >= 15 is 0 Å². The largest absolute Gasteiger partial charge is 0.481 e. The van der Waals surface area contributed by atoms with E-state index in [2.05, 4.69) is 6.58 Å². The summed E-state index contributed by atoms with van der Waals surface area (Å²) in [5.41, 5.74) is 1.73. The lowest BCUT2D eigenvalue weighted by atomic mass is 9.83. The van der Waals surface area contributed by atoms with Gasteiger partial charge in [-0.05, 0) is 18.4 Å². The Morgan fingerprint density at radius 3 is 2.27 bits per heavy atom. The Morgan fingerprint density at radius 1 is 1.33 bits per heavy atom. The van der Waals surface area contributed by atoms with Crippen molar-refractivity contribution in [3.63, 3.8) is 0 Å². The second-order valence-electron chi connectivity index (χ2n) is 3.86. The van der Waals surface area contributed by atoms with Crippen molar-refractivity contribution in [1.82, 2.24) is 0 Å². The SMILES string of the molecule is C=C(C)[C@@H](C(=O)O)[C@@H](C)c1ccccc1. The molecular formula is C13H16O2. The van der Waals surface area contributed by atoms with E-state index in [0.29, 0.717) is 5.57 Å². The Morgan fingerprint density at radius 2 is 1.87 bits per heavy atom. The number of aliphatic carboxylic acids is 1. The summed E-state index contributed by atoms with van der Waals surface area (Å²) in [5.74, 6) is -1.35. The molecule has 0 aliphatic heterocycles. The maximum atomic E-state index is 11.1. The van der Waals surface area contributed by atoms with Crippen LogP contribution in [-0.4, -0.2) is 11.1 Å². The van der Waals surface area contributed by atoms with Crippen LogP contribution < -0.4 is 0 Å². The van der Waals surface area contributed by atoms with Crippen LogP contribution in [0.4, 0.5) is 0 Å². The first-order valence-electron chi connectivity index (χ1n) is 4.97. The number of carboxylic acids is 1. The summed E-state index contributed by atoms with van der Waals surface area (Å²) in [4.78, 5) is 11.1. The number of rotatable bonds is 4. The van der Waals surface area contributed by atoms with Crippen LogP contribution >= 0.6 is 0 Å². The summed E-state index contributed by atoms with van der Waals surface area (Å²) in [6.07, 6.45) is 0. The monoisotopic (exact) mass is 204 g/mol. The lowest BCUT2D eigenvalue weighted by molar-refractivity contribution is -0.140. The predicted molar refractivity (Wildman–Crippen MR) is 60.8 cm³/mol. The molecule has 0 radical (unpaired) electrons. The molecule has 0 aliphatic rings. The normalized spacial score (nSPS) is 14.3. The lowest BCUT2D eigenvalue weighted by Gasteiger charge is -2.20. The Labute approximate surface area is 90.3 Å². The molecule has 0 heterocycles. The van der Waals surface area contributed by atoms with Gasteiger partial charge in [-0.15, -0.1) is 0 Å². The van der Waals surface area contributed by atoms with Gasteiger partial charge in [-0.1, -0.05) is 49.4 Å². The van der Waals surface area contributed by atoms with Crippen LogP contribution in [0, 0.1) is 5.92 Å². The lowest BCUT2D eigenvalue weighted by Crippen LogP contribution is -2.21. The van der Waals surface area contributed by atoms with Gasteiger partial charge in [-0.3, -0.25) is 4.79 Å². The summed E-state index contributed by atoms with van der Waals surface area (Å²) in [6.45, 7) is 7.42. The quantitative estimate of drug-likeness (QED) is 0.765. The first-order valence-corrected chi connectivity index (χ1v) is 4.97. The average Bonchev–Trinajstić information content (AvgIpc) is 2.18. The number of carbonyl (C=O) groups is 1. The molecule has 1 aromatic carbocycles. The highest BCUT2D eigenvalue weighted by Crippen LogP contribution is 2.28. The van der Waals surface area contributed by atoms with Gasteiger partial charge < -0.3 is 5.11 Å². The Hall–Kier alpha value is -1.57. The molecule has 15 heavy (non-hydrogen) atoms. The molecule has 2 heteroatoms. The number of carboxylic acid groups (broad SMARTS) is 1. The van der Waals surface area contributed by atoms with E-state index in [-0.39, 0.29) is 5.92 Å². The summed E-state index contributed by atoms with van der Waals surface area (Å²) in [7, 11) is 0. The molecule has 0 bridgehead atoms. The van der Waals surface area contributed by atoms with E-state index < -0.39 is 11.9 Å². The number of hydrogen-bond donors (Lipinski definition) is 1. The molecule has 80 valence electrons. The van der Waals surface area contributed by atoms with Crippen LogP contribution in [0.2, 0.25) is 0 Å². The van der Waals surface area contributed by atoms with E-state index in [1.54, 1.807) is 6.92 Å². The molecule has 1 N–H and O–H groups in total. The fourth-order valence-electron chi connectivity index (χ4n) is 1.80. The standard InChI is InChI=1S/C13H16O2/c1-9(2)12(13(14)15)10(3)11-7-5-4-6-8-11/h4-8,10,12H,1H2,2-3H3,(H,14,15)/t10-,12+/m0/s1. The van der Waals surface area contributed by atoms with Crippen LogP contribution in [-0.2, 0) is 4.79 Å². The molecule has 0 saturated heterocycles. The number of benzene rings is 1. The average molecular weight is 204 g/mol. The number of hydrogen-bond acceptors (Lipinski definition) is 1. The second kappa shape index (κ2) is 4.78. The molecule has 0 aliphatic carbocycles. The molecule has 2 nitrogen and oxygen atoms in total. The van der Waals surface area contributed by atoms with Crippen molar-refractivity contribution in [3.05, 3.63) is 48.0 Å². The van der Waals surface area contributed by atoms with Crippen molar-refractivity contribution in [2.45, 2.75) is 19.8 Å². The van der Waals surface area contributed by atoms with Gasteiger partial charge in [-0.25, -0.2) is 0 Å². The zero-order valence-electron chi connectivity index (χ0n) is 9.10. The predicted octanol–water partition coefficient (Wildman–Crippen LogP) is 3.07. The Kier molecular flexibility index (Phi) is 3.67. The van der Waals surface area contributed by atoms with Crippen LogP contribution in [0.1, 0.15) is 25.3 Å². The van der Waals surface area contributed by atoms with E-state index in [1.807, 2.05) is 37.3 Å². The third-order valence-corrected chi connectivity index (χ3v) is 2.62. The molecule has 0 spiro atoms.